The first-order valence-electron chi connectivity index (χ1n) is 12.2. The number of ether oxygens (including phenoxy) is 1. The lowest BCUT2D eigenvalue weighted by atomic mass is 9.46. The lowest BCUT2D eigenvalue weighted by Crippen LogP contribution is -2.63. The first-order valence-corrected chi connectivity index (χ1v) is 12.2. The standard InChI is InChI=1S/C25H33NO9/c1-23-9-7-16(28)12-15(23)5-6-17-18-8-10-25(20(30)14-27,24(18,2)13-19(29)22(17)23)35-21(31)4-3-11-34-26(32)33/h7,9,12,17-19,22,27,29H,3-6,8,10-11,13-14H2,1-2H3. The SMILES string of the molecule is CC12C=CC(=O)C=C1CCC1C2C(O)CC2(C)C1CCC2(OC(=O)CCCO[N+](=O)[O-])C(=O)CO. The number of nitrogens with zero attached hydrogens (tertiary/aromatic N) is 1. The molecule has 0 aromatic carbocycles. The Morgan fingerprint density at radius 3 is 2.71 bits per heavy atom. The number of aliphatic hydroxyl groups is 2. The van der Waals surface area contributed by atoms with Crippen molar-refractivity contribution in [3.05, 3.63) is 33.9 Å². The zero-order chi connectivity index (χ0) is 25.6. The molecule has 192 valence electrons. The highest BCUT2D eigenvalue weighted by atomic mass is 16.9. The van der Waals surface area contributed by atoms with E-state index in [9.17, 15) is 34.7 Å². The third-order valence-corrected chi connectivity index (χ3v) is 9.22. The molecule has 4 rings (SSSR count). The smallest absolute Gasteiger partial charge is 0.306 e. The van der Waals surface area contributed by atoms with E-state index < -0.39 is 46.0 Å². The molecule has 10 heteroatoms. The lowest BCUT2D eigenvalue weighted by molar-refractivity contribution is -0.757. The Hall–Kier alpha value is -2.59. The highest BCUT2D eigenvalue weighted by Gasteiger charge is 2.70. The van der Waals surface area contributed by atoms with E-state index in [1.807, 2.05) is 13.0 Å². The highest BCUT2D eigenvalue weighted by Crippen LogP contribution is 2.67. The van der Waals surface area contributed by atoms with Gasteiger partial charge < -0.3 is 19.8 Å². The van der Waals surface area contributed by atoms with Gasteiger partial charge in [-0.15, -0.1) is 10.1 Å². The summed E-state index contributed by atoms with van der Waals surface area (Å²) in [7, 11) is 0. The molecular formula is C25H33NO9. The maximum Gasteiger partial charge on any atom is 0.306 e. The van der Waals surface area contributed by atoms with Crippen molar-refractivity contribution in [3.63, 3.8) is 0 Å². The summed E-state index contributed by atoms with van der Waals surface area (Å²) in [5.41, 5.74) is -1.90. The quantitative estimate of drug-likeness (QED) is 0.225. The number of carbonyl (C=O) groups is 3. The van der Waals surface area contributed by atoms with Crippen molar-refractivity contribution in [3.8, 4) is 0 Å². The maximum absolute atomic E-state index is 13.2. The third-order valence-electron chi connectivity index (χ3n) is 9.22. The van der Waals surface area contributed by atoms with Gasteiger partial charge in [0.15, 0.2) is 11.4 Å². The number of allylic oxidation sites excluding steroid dienone is 4. The molecule has 4 aliphatic rings. The van der Waals surface area contributed by atoms with E-state index in [2.05, 4.69) is 11.8 Å². The van der Waals surface area contributed by atoms with Gasteiger partial charge in [-0.25, -0.2) is 0 Å². The number of esters is 1. The molecular weight excluding hydrogens is 458 g/mol. The number of Topliss-reactive ketones (excluding diaryl/α,β-unsaturated/α-hetero) is 1. The topological polar surface area (TPSA) is 153 Å². The zero-order valence-corrected chi connectivity index (χ0v) is 20.1. The van der Waals surface area contributed by atoms with Crippen molar-refractivity contribution in [1.29, 1.82) is 0 Å². The number of fused-ring (bicyclic) bond motifs is 5. The normalized spacial score (nSPS) is 39.7. The second kappa shape index (κ2) is 9.13. The summed E-state index contributed by atoms with van der Waals surface area (Å²) < 4.78 is 5.85. The Kier molecular flexibility index (Phi) is 6.65. The van der Waals surface area contributed by atoms with Crippen LogP contribution in [0.15, 0.2) is 23.8 Å². The molecule has 3 fully saturated rings. The average Bonchev–Trinajstić information content (AvgIpc) is 3.08. The molecule has 0 aromatic rings. The van der Waals surface area contributed by atoms with Crippen molar-refractivity contribution >= 4 is 17.5 Å². The fourth-order valence-electron chi connectivity index (χ4n) is 7.72. The predicted molar refractivity (Wildman–Crippen MR) is 121 cm³/mol. The summed E-state index contributed by atoms with van der Waals surface area (Å²) in [6.07, 6.45) is 6.74. The highest BCUT2D eigenvalue weighted by molar-refractivity contribution is 6.01. The van der Waals surface area contributed by atoms with Crippen molar-refractivity contribution in [1.82, 2.24) is 0 Å². The van der Waals surface area contributed by atoms with Crippen LogP contribution >= 0.6 is 0 Å². The fourth-order valence-corrected chi connectivity index (χ4v) is 7.72. The molecule has 0 radical (unpaired) electrons. The van der Waals surface area contributed by atoms with Gasteiger partial charge in [0.1, 0.15) is 6.61 Å². The molecule has 0 spiro atoms. The van der Waals surface area contributed by atoms with Gasteiger partial charge >= 0.3 is 5.97 Å². The zero-order valence-electron chi connectivity index (χ0n) is 20.1. The fraction of sp³-hybridized carbons (Fsp3) is 0.720. The number of rotatable bonds is 8. The van der Waals surface area contributed by atoms with Gasteiger partial charge in [-0.2, -0.15) is 0 Å². The van der Waals surface area contributed by atoms with Crippen LogP contribution in [0.1, 0.15) is 58.8 Å². The van der Waals surface area contributed by atoms with E-state index in [4.69, 9.17) is 4.74 Å². The number of ketones is 2. The number of hydrogen-bond donors (Lipinski definition) is 2. The predicted octanol–water partition coefficient (Wildman–Crippen LogP) is 2.10. The van der Waals surface area contributed by atoms with E-state index in [0.29, 0.717) is 12.8 Å². The molecule has 3 saturated carbocycles. The van der Waals surface area contributed by atoms with E-state index >= 15 is 0 Å². The van der Waals surface area contributed by atoms with Crippen LogP contribution in [0.4, 0.5) is 0 Å². The van der Waals surface area contributed by atoms with Crippen LogP contribution in [0.2, 0.25) is 0 Å². The minimum atomic E-state index is -1.57. The van der Waals surface area contributed by atoms with Crippen molar-refractivity contribution < 1.29 is 39.3 Å². The van der Waals surface area contributed by atoms with Crippen LogP contribution < -0.4 is 0 Å². The van der Waals surface area contributed by atoms with E-state index in [1.54, 1.807) is 12.2 Å². The van der Waals surface area contributed by atoms with Crippen LogP contribution in [-0.2, 0) is 24.0 Å². The van der Waals surface area contributed by atoms with E-state index in [0.717, 1.165) is 12.0 Å². The summed E-state index contributed by atoms with van der Waals surface area (Å²) >= 11 is 0. The minimum absolute atomic E-state index is 0.0265. The van der Waals surface area contributed by atoms with Crippen molar-refractivity contribution in [2.24, 2.45) is 28.6 Å². The summed E-state index contributed by atoms with van der Waals surface area (Å²) in [5, 5.41) is 30.7. The molecule has 0 aliphatic heterocycles. The summed E-state index contributed by atoms with van der Waals surface area (Å²) in [6, 6.07) is 0. The van der Waals surface area contributed by atoms with Crippen LogP contribution in [0.25, 0.3) is 0 Å². The molecule has 2 N–H and O–H groups in total. The molecule has 4 aliphatic carbocycles. The molecule has 0 bridgehead atoms. The van der Waals surface area contributed by atoms with Gasteiger partial charge in [-0.1, -0.05) is 25.5 Å². The molecule has 35 heavy (non-hydrogen) atoms. The number of hydrogen-bond acceptors (Lipinski definition) is 9. The lowest BCUT2D eigenvalue weighted by Gasteiger charge is -2.59. The Bertz CT molecular complexity index is 989. The molecule has 0 heterocycles. The van der Waals surface area contributed by atoms with Gasteiger partial charge in [-0.3, -0.25) is 14.4 Å². The Morgan fingerprint density at radius 2 is 2.03 bits per heavy atom. The van der Waals surface area contributed by atoms with Crippen molar-refractivity contribution in [2.45, 2.75) is 70.5 Å². The summed E-state index contributed by atoms with van der Waals surface area (Å²) in [4.78, 5) is 52.4. The molecule has 10 nitrogen and oxygen atoms in total. The van der Waals surface area contributed by atoms with E-state index in [-0.39, 0.29) is 55.8 Å². The van der Waals surface area contributed by atoms with Crippen LogP contribution in [-0.4, -0.2) is 57.8 Å². The second-order valence-electron chi connectivity index (χ2n) is 10.8. The molecule has 0 aromatic heterocycles. The Morgan fingerprint density at radius 1 is 1.29 bits per heavy atom. The summed E-state index contributed by atoms with van der Waals surface area (Å²) in [6.45, 7) is 2.86. The van der Waals surface area contributed by atoms with Gasteiger partial charge in [0.05, 0.1) is 12.7 Å². The molecule has 7 unspecified atom stereocenters. The first kappa shape index (κ1) is 25.5. The monoisotopic (exact) mass is 491 g/mol. The second-order valence-corrected chi connectivity index (χ2v) is 10.8. The molecule has 0 amide bonds. The van der Waals surface area contributed by atoms with Gasteiger partial charge in [-0.05, 0) is 62.5 Å². The van der Waals surface area contributed by atoms with Crippen LogP contribution in [0.3, 0.4) is 0 Å². The third kappa shape index (κ3) is 4.00. The Balaban J connectivity index is 1.61. The first-order chi connectivity index (χ1) is 16.5. The van der Waals surface area contributed by atoms with E-state index in [1.165, 1.54) is 0 Å². The average molecular weight is 492 g/mol. The number of carbonyl (C=O) groups excluding carboxylic acids is 3. The van der Waals surface area contributed by atoms with Crippen LogP contribution in [0, 0.1) is 38.7 Å². The van der Waals surface area contributed by atoms with Crippen molar-refractivity contribution in [2.75, 3.05) is 13.2 Å². The number of aliphatic hydroxyl groups excluding tert-OH is 2. The maximum atomic E-state index is 13.2. The largest absolute Gasteiger partial charge is 0.450 e. The van der Waals surface area contributed by atoms with Crippen LogP contribution in [0.5, 0.6) is 0 Å². The van der Waals surface area contributed by atoms with Gasteiger partial charge in [0.25, 0.3) is 5.09 Å². The Labute approximate surface area is 203 Å². The van der Waals surface area contributed by atoms with Gasteiger partial charge in [0.2, 0.25) is 5.78 Å². The summed E-state index contributed by atoms with van der Waals surface area (Å²) in [5.74, 6) is -1.44. The molecule has 0 saturated heterocycles. The minimum Gasteiger partial charge on any atom is -0.450 e. The van der Waals surface area contributed by atoms with Gasteiger partial charge in [0, 0.05) is 23.2 Å². The molecule has 7 atom stereocenters.